The first-order valence-electron chi connectivity index (χ1n) is 11.6. The highest BCUT2D eigenvalue weighted by molar-refractivity contribution is 6.04. The molecular weight excluding hydrogens is 457 g/mol. The molecule has 1 aromatic carbocycles. The highest BCUT2D eigenvalue weighted by atomic mass is 19.2. The number of rotatable bonds is 4. The molecule has 5 rings (SSSR count). The molecular formula is C25H25F3N6O. The fourth-order valence-corrected chi connectivity index (χ4v) is 5.21. The van der Waals surface area contributed by atoms with E-state index in [0.717, 1.165) is 17.7 Å². The first-order chi connectivity index (χ1) is 16.8. The van der Waals surface area contributed by atoms with E-state index < -0.39 is 17.5 Å². The first kappa shape index (κ1) is 23.1. The summed E-state index contributed by atoms with van der Waals surface area (Å²) < 4.78 is 45.0. The van der Waals surface area contributed by atoms with Crippen molar-refractivity contribution in [1.29, 1.82) is 0 Å². The van der Waals surface area contributed by atoms with Crippen LogP contribution in [0.15, 0.2) is 30.7 Å². The van der Waals surface area contributed by atoms with Gasteiger partial charge in [0, 0.05) is 37.5 Å². The summed E-state index contributed by atoms with van der Waals surface area (Å²) in [5.74, 6) is -4.17. The Hall–Kier alpha value is -3.69. The molecule has 7 nitrogen and oxygen atoms in total. The normalized spacial score (nSPS) is 17.7. The molecule has 10 heteroatoms. The van der Waals surface area contributed by atoms with Gasteiger partial charge in [-0.1, -0.05) is 13.8 Å². The number of hydrogen-bond acceptors (Lipinski definition) is 4. The maximum absolute atomic E-state index is 14.1. The summed E-state index contributed by atoms with van der Waals surface area (Å²) in [6.07, 6.45) is 4.94. The van der Waals surface area contributed by atoms with Crippen molar-refractivity contribution in [3.8, 4) is 11.3 Å². The van der Waals surface area contributed by atoms with Crippen molar-refractivity contribution in [3.05, 3.63) is 65.0 Å². The molecule has 0 N–H and O–H groups in total. The Bertz CT molecular complexity index is 1440. The van der Waals surface area contributed by atoms with Crippen LogP contribution in [-0.4, -0.2) is 41.2 Å². The summed E-state index contributed by atoms with van der Waals surface area (Å²) in [6, 6.07) is 3.14. The summed E-state index contributed by atoms with van der Waals surface area (Å²) >= 11 is 0. The molecule has 0 saturated heterocycles. The quantitative estimate of drug-likeness (QED) is 0.395. The van der Waals surface area contributed by atoms with E-state index >= 15 is 0 Å². The Morgan fingerprint density at radius 3 is 2.46 bits per heavy atom. The average molecular weight is 483 g/mol. The van der Waals surface area contributed by atoms with Crippen molar-refractivity contribution in [2.75, 3.05) is 0 Å². The van der Waals surface area contributed by atoms with E-state index in [1.807, 2.05) is 25.8 Å². The molecule has 4 heterocycles. The van der Waals surface area contributed by atoms with Crippen LogP contribution in [0, 0.1) is 17.5 Å². The van der Waals surface area contributed by atoms with E-state index in [9.17, 15) is 18.0 Å². The van der Waals surface area contributed by atoms with Crippen LogP contribution >= 0.6 is 0 Å². The Labute approximate surface area is 200 Å². The fourth-order valence-electron chi connectivity index (χ4n) is 5.21. The third kappa shape index (κ3) is 3.50. The first-order valence-corrected chi connectivity index (χ1v) is 11.6. The number of hydrogen-bond donors (Lipinski definition) is 0. The molecule has 2 atom stereocenters. The molecule has 0 fully saturated rings. The van der Waals surface area contributed by atoms with Crippen LogP contribution in [-0.2, 0) is 20.5 Å². The zero-order chi connectivity index (χ0) is 25.0. The maximum atomic E-state index is 14.1. The third-order valence-corrected chi connectivity index (χ3v) is 6.84. The summed E-state index contributed by atoms with van der Waals surface area (Å²) in [7, 11) is 3.51. The second-order valence-corrected chi connectivity index (χ2v) is 8.88. The standard InChI is InChI=1S/C25H25F3N6O/c1-5-14-11-16-21(31-33(4)23(16)13-9-17(26)20(28)18(27)10-13)19(6-2)34(14)25(35)15-7-8-29-24-22(15)30-12-32(24)3/h7-10,12,14,19H,5-6,11H2,1-4H3. The Morgan fingerprint density at radius 1 is 1.09 bits per heavy atom. The number of amides is 1. The zero-order valence-corrected chi connectivity index (χ0v) is 19.9. The number of aromatic nitrogens is 5. The SMILES string of the molecule is CCC1Cc2c(nn(C)c2-c2cc(F)c(F)c(F)c2)C(CC)N1C(=O)c1ccnc2c1ncn2C. The van der Waals surface area contributed by atoms with Gasteiger partial charge >= 0.3 is 0 Å². The zero-order valence-electron chi connectivity index (χ0n) is 19.9. The molecule has 182 valence electrons. The van der Waals surface area contributed by atoms with E-state index in [0.29, 0.717) is 47.4 Å². The average Bonchev–Trinajstić information content (AvgIpc) is 3.39. The van der Waals surface area contributed by atoms with Crippen molar-refractivity contribution in [2.45, 2.75) is 45.2 Å². The van der Waals surface area contributed by atoms with E-state index in [2.05, 4.69) is 15.1 Å². The molecule has 0 spiro atoms. The molecule has 4 aromatic rings. The minimum absolute atomic E-state index is 0.161. The second kappa shape index (κ2) is 8.51. The summed E-state index contributed by atoms with van der Waals surface area (Å²) in [6.45, 7) is 3.97. The smallest absolute Gasteiger partial charge is 0.257 e. The minimum Gasteiger partial charge on any atom is -0.327 e. The summed E-state index contributed by atoms with van der Waals surface area (Å²) in [5.41, 5.74) is 3.86. The molecule has 1 aliphatic heterocycles. The minimum atomic E-state index is -1.50. The van der Waals surface area contributed by atoms with Gasteiger partial charge in [0.1, 0.15) is 5.52 Å². The number of benzene rings is 1. The lowest BCUT2D eigenvalue weighted by Gasteiger charge is -2.41. The predicted octanol–water partition coefficient (Wildman–Crippen LogP) is 4.71. The van der Waals surface area contributed by atoms with Gasteiger partial charge in [-0.25, -0.2) is 23.1 Å². The van der Waals surface area contributed by atoms with Crippen LogP contribution in [0.5, 0.6) is 0 Å². The summed E-state index contributed by atoms with van der Waals surface area (Å²) in [5, 5.41) is 4.68. The topological polar surface area (TPSA) is 68.8 Å². The van der Waals surface area contributed by atoms with Gasteiger partial charge in [0.15, 0.2) is 23.1 Å². The largest absolute Gasteiger partial charge is 0.327 e. The van der Waals surface area contributed by atoms with E-state index in [4.69, 9.17) is 0 Å². The number of carbonyl (C=O) groups excluding carboxylic acids is 1. The van der Waals surface area contributed by atoms with E-state index in [1.165, 1.54) is 0 Å². The molecule has 1 aliphatic rings. The number of fused-ring (bicyclic) bond motifs is 2. The fraction of sp³-hybridized carbons (Fsp3) is 0.360. The molecule has 0 bridgehead atoms. The highest BCUT2D eigenvalue weighted by Gasteiger charge is 2.40. The van der Waals surface area contributed by atoms with Crippen LogP contribution in [0.1, 0.15) is 54.3 Å². The maximum Gasteiger partial charge on any atom is 0.257 e. The van der Waals surface area contributed by atoms with Gasteiger partial charge in [-0.15, -0.1) is 0 Å². The molecule has 0 aliphatic carbocycles. The number of halogens is 3. The second-order valence-electron chi connectivity index (χ2n) is 8.88. The lowest BCUT2D eigenvalue weighted by Crippen LogP contribution is -2.47. The van der Waals surface area contributed by atoms with Gasteiger partial charge < -0.3 is 9.47 Å². The Balaban J connectivity index is 1.64. The van der Waals surface area contributed by atoms with Crippen molar-refractivity contribution in [1.82, 2.24) is 29.2 Å². The number of carbonyl (C=O) groups is 1. The molecule has 2 unspecified atom stereocenters. The van der Waals surface area contributed by atoms with Gasteiger partial charge in [-0.05, 0) is 37.5 Å². The van der Waals surface area contributed by atoms with Crippen molar-refractivity contribution in [3.63, 3.8) is 0 Å². The van der Waals surface area contributed by atoms with Crippen LogP contribution < -0.4 is 0 Å². The van der Waals surface area contributed by atoms with Gasteiger partial charge in [-0.2, -0.15) is 5.10 Å². The Kier molecular flexibility index (Phi) is 5.61. The van der Waals surface area contributed by atoms with Crippen LogP contribution in [0.4, 0.5) is 13.2 Å². The lowest BCUT2D eigenvalue weighted by atomic mass is 9.87. The monoisotopic (exact) mass is 482 g/mol. The third-order valence-electron chi connectivity index (χ3n) is 6.84. The lowest BCUT2D eigenvalue weighted by molar-refractivity contribution is 0.0514. The molecule has 35 heavy (non-hydrogen) atoms. The van der Waals surface area contributed by atoms with Gasteiger partial charge in [0.05, 0.1) is 29.3 Å². The molecule has 0 saturated carbocycles. The Morgan fingerprint density at radius 2 is 1.80 bits per heavy atom. The van der Waals surface area contributed by atoms with Gasteiger partial charge in [0.2, 0.25) is 0 Å². The van der Waals surface area contributed by atoms with Crippen molar-refractivity contribution in [2.24, 2.45) is 14.1 Å². The number of nitrogens with zero attached hydrogens (tertiary/aromatic N) is 6. The van der Waals surface area contributed by atoms with Gasteiger partial charge in [0.25, 0.3) is 5.91 Å². The molecule has 0 radical (unpaired) electrons. The number of aryl methyl sites for hydroxylation is 2. The number of pyridine rings is 1. The van der Waals surface area contributed by atoms with Crippen LogP contribution in [0.2, 0.25) is 0 Å². The highest BCUT2D eigenvalue weighted by Crippen LogP contribution is 2.41. The van der Waals surface area contributed by atoms with E-state index in [1.54, 1.807) is 34.9 Å². The van der Waals surface area contributed by atoms with Crippen molar-refractivity contribution >= 4 is 17.1 Å². The van der Waals surface area contributed by atoms with Crippen LogP contribution in [0.3, 0.4) is 0 Å². The summed E-state index contributed by atoms with van der Waals surface area (Å²) in [4.78, 5) is 24.5. The van der Waals surface area contributed by atoms with Crippen molar-refractivity contribution < 1.29 is 18.0 Å². The van der Waals surface area contributed by atoms with Gasteiger partial charge in [-0.3, -0.25) is 9.48 Å². The number of imidazole rings is 1. The van der Waals surface area contributed by atoms with E-state index in [-0.39, 0.29) is 23.6 Å². The molecule has 3 aromatic heterocycles. The predicted molar refractivity (Wildman–Crippen MR) is 124 cm³/mol. The molecule has 1 amide bonds. The van der Waals surface area contributed by atoms with Crippen LogP contribution in [0.25, 0.3) is 22.4 Å².